The van der Waals surface area contributed by atoms with Crippen molar-refractivity contribution in [2.75, 3.05) is 13.7 Å². The van der Waals surface area contributed by atoms with Crippen molar-refractivity contribution < 1.29 is 28.2 Å². The molecule has 5 nitrogen and oxygen atoms in total. The summed E-state index contributed by atoms with van der Waals surface area (Å²) in [4.78, 5) is 0. The van der Waals surface area contributed by atoms with Crippen molar-refractivity contribution in [3.63, 3.8) is 0 Å². The largest absolute Gasteiger partial charge is 0.504 e. The van der Waals surface area contributed by atoms with Crippen molar-refractivity contribution in [2.45, 2.75) is 6.18 Å². The number of halogens is 3. The molecule has 0 bridgehead atoms. The van der Waals surface area contributed by atoms with Crippen molar-refractivity contribution >= 4 is 6.08 Å². The summed E-state index contributed by atoms with van der Waals surface area (Å²) in [5.74, 6) is 0.117. The van der Waals surface area contributed by atoms with E-state index in [1.165, 1.54) is 31.4 Å². The summed E-state index contributed by atoms with van der Waals surface area (Å²) in [5.41, 5.74) is -0.383. The Hall–Kier alpha value is -2.92. The van der Waals surface area contributed by atoms with Gasteiger partial charge in [-0.15, -0.1) is 0 Å². The van der Waals surface area contributed by atoms with Gasteiger partial charge >= 0.3 is 6.18 Å². The molecule has 1 aliphatic heterocycles. The molecule has 0 fully saturated rings. The molecule has 1 aliphatic rings. The van der Waals surface area contributed by atoms with Gasteiger partial charge in [-0.1, -0.05) is 12.1 Å². The molecular weight excluding hydrogens is 325 g/mol. The van der Waals surface area contributed by atoms with E-state index in [-0.39, 0.29) is 27.7 Å². The van der Waals surface area contributed by atoms with Crippen molar-refractivity contribution in [3.8, 4) is 17.6 Å². The Bertz CT molecular complexity index is 774. The molecule has 0 atom stereocenters. The first kappa shape index (κ1) is 17.4. The predicted molar refractivity (Wildman–Crippen MR) is 79.0 cm³/mol. The average molecular weight is 338 g/mol. The maximum absolute atomic E-state index is 12.7. The Morgan fingerprint density at radius 1 is 1.38 bits per heavy atom. The summed E-state index contributed by atoms with van der Waals surface area (Å²) in [6.07, 6.45) is -1.41. The first-order valence-electron chi connectivity index (χ1n) is 6.70. The van der Waals surface area contributed by atoms with Gasteiger partial charge in [-0.2, -0.15) is 18.4 Å². The van der Waals surface area contributed by atoms with Crippen molar-refractivity contribution in [3.05, 3.63) is 52.8 Å². The van der Waals surface area contributed by atoms with Crippen LogP contribution in [0.25, 0.3) is 6.08 Å². The SMILES string of the molecule is COc1cc(C=C(C#N)C2=CC=C(C(F)(F)F)N(O)C2)ccc1O. The minimum atomic E-state index is -4.68. The molecule has 24 heavy (non-hydrogen) atoms. The number of alkyl halides is 3. The highest BCUT2D eigenvalue weighted by atomic mass is 19.4. The van der Waals surface area contributed by atoms with Crippen LogP contribution in [0.1, 0.15) is 5.56 Å². The number of allylic oxidation sites excluding steroid dienone is 3. The highest BCUT2D eigenvalue weighted by Crippen LogP contribution is 2.32. The third-order valence-electron chi connectivity index (χ3n) is 3.31. The lowest BCUT2D eigenvalue weighted by molar-refractivity contribution is -0.162. The molecule has 0 radical (unpaired) electrons. The molecule has 1 aromatic rings. The molecule has 2 N–H and O–H groups in total. The number of hydroxylamine groups is 2. The molecule has 2 rings (SSSR count). The smallest absolute Gasteiger partial charge is 0.433 e. The van der Waals surface area contributed by atoms with Crippen LogP contribution in [0.4, 0.5) is 13.2 Å². The molecule has 0 saturated carbocycles. The summed E-state index contributed by atoms with van der Waals surface area (Å²) in [5, 5.41) is 28.4. The summed E-state index contributed by atoms with van der Waals surface area (Å²) in [6.45, 7) is -0.472. The lowest BCUT2D eigenvalue weighted by Crippen LogP contribution is -2.32. The molecule has 0 unspecified atom stereocenters. The number of rotatable bonds is 3. The van der Waals surface area contributed by atoms with E-state index in [4.69, 9.17) is 4.74 Å². The molecule has 0 saturated heterocycles. The van der Waals surface area contributed by atoms with Gasteiger partial charge in [0.2, 0.25) is 0 Å². The minimum absolute atomic E-state index is 0.0535. The van der Waals surface area contributed by atoms with Gasteiger partial charge in [0.15, 0.2) is 11.5 Å². The molecule has 1 aromatic carbocycles. The number of hydrogen-bond donors (Lipinski definition) is 2. The van der Waals surface area contributed by atoms with Crippen LogP contribution in [-0.2, 0) is 0 Å². The number of hydrogen-bond acceptors (Lipinski definition) is 5. The Morgan fingerprint density at radius 3 is 2.62 bits per heavy atom. The second-order valence-electron chi connectivity index (χ2n) is 4.90. The van der Waals surface area contributed by atoms with E-state index in [1.807, 2.05) is 6.07 Å². The average Bonchev–Trinajstić information content (AvgIpc) is 2.52. The summed E-state index contributed by atoms with van der Waals surface area (Å²) >= 11 is 0. The van der Waals surface area contributed by atoms with Gasteiger partial charge in [0.1, 0.15) is 5.70 Å². The molecule has 0 aromatic heterocycles. The molecule has 0 aliphatic carbocycles. The highest BCUT2D eigenvalue weighted by Gasteiger charge is 2.38. The normalized spacial score (nSPS) is 15.5. The van der Waals surface area contributed by atoms with Crippen LogP contribution < -0.4 is 4.74 Å². The number of methoxy groups -OCH3 is 1. The van der Waals surface area contributed by atoms with Gasteiger partial charge in [0, 0.05) is 0 Å². The van der Waals surface area contributed by atoms with Gasteiger partial charge in [0.25, 0.3) is 0 Å². The fourth-order valence-electron chi connectivity index (χ4n) is 2.13. The lowest BCUT2D eigenvalue weighted by Gasteiger charge is -2.26. The number of phenolic OH excluding ortho intramolecular Hbond substituents is 1. The van der Waals surface area contributed by atoms with Gasteiger partial charge in [-0.05, 0) is 35.4 Å². The third kappa shape index (κ3) is 3.70. The van der Waals surface area contributed by atoms with E-state index in [0.717, 1.165) is 6.08 Å². The van der Waals surface area contributed by atoms with Gasteiger partial charge in [-0.25, -0.2) is 5.06 Å². The van der Waals surface area contributed by atoms with Crippen LogP contribution in [0.2, 0.25) is 0 Å². The van der Waals surface area contributed by atoms with E-state index >= 15 is 0 Å². The molecule has 1 heterocycles. The zero-order valence-corrected chi connectivity index (χ0v) is 12.5. The summed E-state index contributed by atoms with van der Waals surface area (Å²) < 4.78 is 42.9. The summed E-state index contributed by atoms with van der Waals surface area (Å²) in [6, 6.07) is 6.25. The number of benzene rings is 1. The lowest BCUT2D eigenvalue weighted by atomic mass is 10.0. The maximum Gasteiger partial charge on any atom is 0.433 e. The van der Waals surface area contributed by atoms with E-state index in [9.17, 15) is 28.7 Å². The van der Waals surface area contributed by atoms with Crippen LogP contribution in [0, 0.1) is 11.3 Å². The quantitative estimate of drug-likeness (QED) is 0.826. The Labute approximate surface area is 135 Å². The monoisotopic (exact) mass is 338 g/mol. The van der Waals surface area contributed by atoms with Crippen LogP contribution in [-0.4, -0.2) is 35.2 Å². The van der Waals surface area contributed by atoms with Crippen LogP contribution in [0.5, 0.6) is 11.5 Å². The van der Waals surface area contributed by atoms with E-state index in [2.05, 4.69) is 0 Å². The zero-order valence-electron chi connectivity index (χ0n) is 12.5. The number of nitriles is 1. The Kier molecular flexibility index (Phi) is 4.85. The fraction of sp³-hybridized carbons (Fsp3) is 0.188. The Morgan fingerprint density at radius 2 is 2.08 bits per heavy atom. The fourth-order valence-corrected chi connectivity index (χ4v) is 2.13. The molecule has 8 heteroatoms. The zero-order chi connectivity index (χ0) is 17.9. The molecule has 0 amide bonds. The van der Waals surface area contributed by atoms with Crippen molar-refractivity contribution in [2.24, 2.45) is 0 Å². The van der Waals surface area contributed by atoms with Crippen LogP contribution >= 0.6 is 0 Å². The number of nitrogens with zero attached hydrogens (tertiary/aromatic N) is 2. The van der Waals surface area contributed by atoms with E-state index in [0.29, 0.717) is 11.6 Å². The predicted octanol–water partition coefficient (Wildman–Crippen LogP) is 3.39. The van der Waals surface area contributed by atoms with Crippen LogP contribution in [0.15, 0.2) is 47.2 Å². The highest BCUT2D eigenvalue weighted by molar-refractivity contribution is 5.66. The van der Waals surface area contributed by atoms with E-state index < -0.39 is 18.4 Å². The molecule has 126 valence electrons. The first-order valence-corrected chi connectivity index (χ1v) is 6.70. The summed E-state index contributed by atoms with van der Waals surface area (Å²) in [7, 11) is 1.37. The van der Waals surface area contributed by atoms with Gasteiger partial charge in [0.05, 0.1) is 25.3 Å². The minimum Gasteiger partial charge on any atom is -0.504 e. The van der Waals surface area contributed by atoms with E-state index in [1.54, 1.807) is 0 Å². The van der Waals surface area contributed by atoms with Gasteiger partial charge in [-0.3, -0.25) is 5.21 Å². The standard InChI is InChI=1S/C16H13F3N2O3/c1-24-14-7-10(2-4-13(14)22)6-12(8-20)11-3-5-15(16(17,18)19)21(23)9-11/h2-7,22-23H,9H2,1H3. The van der Waals surface area contributed by atoms with Crippen LogP contribution in [0.3, 0.4) is 0 Å². The second-order valence-corrected chi connectivity index (χ2v) is 4.90. The Balaban J connectivity index is 2.38. The topological polar surface area (TPSA) is 76.7 Å². The van der Waals surface area contributed by atoms with Crippen molar-refractivity contribution in [1.29, 1.82) is 5.26 Å². The number of phenols is 1. The third-order valence-corrected chi connectivity index (χ3v) is 3.31. The number of aromatic hydroxyl groups is 1. The maximum atomic E-state index is 12.7. The molecule has 0 spiro atoms. The number of ether oxygens (including phenoxy) is 1. The first-order chi connectivity index (χ1) is 11.3. The van der Waals surface area contributed by atoms with Gasteiger partial charge < -0.3 is 9.84 Å². The second kappa shape index (κ2) is 6.68. The molecular formula is C16H13F3N2O3. The van der Waals surface area contributed by atoms with Crippen molar-refractivity contribution in [1.82, 2.24) is 5.06 Å².